The number of nitrogens with one attached hydrogen (secondary N) is 1. The number of hydrogen-bond donors (Lipinski definition) is 1. The van der Waals surface area contributed by atoms with Gasteiger partial charge in [-0.25, -0.2) is 14.4 Å². The molecule has 1 saturated heterocycles. The first-order valence-corrected chi connectivity index (χ1v) is 10.9. The second-order valence-corrected chi connectivity index (χ2v) is 8.76. The van der Waals surface area contributed by atoms with E-state index in [-0.39, 0.29) is 17.3 Å². The van der Waals surface area contributed by atoms with Gasteiger partial charge in [-0.1, -0.05) is 42.2 Å². The minimum atomic E-state index is -0.451. The van der Waals surface area contributed by atoms with E-state index in [4.69, 9.17) is 0 Å². The van der Waals surface area contributed by atoms with E-state index in [0.29, 0.717) is 5.65 Å². The summed E-state index contributed by atoms with van der Waals surface area (Å²) in [5.41, 5.74) is 0.839. The Labute approximate surface area is 170 Å². The molecular formula is C19H20FN5OS2. The summed E-state index contributed by atoms with van der Waals surface area (Å²) >= 11 is 2.88. The van der Waals surface area contributed by atoms with Crippen molar-refractivity contribution in [3.63, 3.8) is 0 Å². The number of rotatable bonds is 5. The van der Waals surface area contributed by atoms with Gasteiger partial charge >= 0.3 is 0 Å². The summed E-state index contributed by atoms with van der Waals surface area (Å²) in [4.78, 5) is 27.8. The average molecular weight is 418 g/mol. The van der Waals surface area contributed by atoms with Crippen LogP contribution in [0.4, 0.5) is 15.2 Å². The van der Waals surface area contributed by atoms with E-state index < -0.39 is 5.82 Å². The van der Waals surface area contributed by atoms with Gasteiger partial charge in [0, 0.05) is 13.1 Å². The number of benzene rings is 1. The maximum Gasteiger partial charge on any atom is 0.234 e. The number of nitrogens with zero attached hydrogens (tertiary/aromatic N) is 4. The second-order valence-electron chi connectivity index (χ2n) is 6.81. The summed E-state index contributed by atoms with van der Waals surface area (Å²) in [6.45, 7) is 4.28. The van der Waals surface area contributed by atoms with Gasteiger partial charge < -0.3 is 10.2 Å². The van der Waals surface area contributed by atoms with E-state index in [2.05, 4.69) is 32.1 Å². The minimum Gasteiger partial charge on any atom is -0.348 e. The van der Waals surface area contributed by atoms with E-state index in [0.717, 1.165) is 33.9 Å². The SMILES string of the molecule is CC1CCN(c2nc3ncnc(SCC(=O)Nc4ccccc4F)c3s2)CC1. The van der Waals surface area contributed by atoms with Gasteiger partial charge in [0.05, 0.1) is 11.4 Å². The van der Waals surface area contributed by atoms with Gasteiger partial charge in [0.25, 0.3) is 0 Å². The molecule has 9 heteroatoms. The Morgan fingerprint density at radius 2 is 2.11 bits per heavy atom. The number of carbonyl (C=O) groups excluding carboxylic acids is 1. The molecule has 0 spiro atoms. The standard InChI is InChI=1S/C19H20FN5OS2/c1-12-6-8-25(9-7-12)19-24-17-16(28-19)18(22-11-21-17)27-10-15(26)23-14-5-3-2-4-13(14)20/h2-5,11-12H,6-10H2,1H3,(H,23,26). The number of thiazole rings is 1. The van der Waals surface area contributed by atoms with Crippen molar-refractivity contribution >= 4 is 50.2 Å². The molecular weight excluding hydrogens is 397 g/mol. The lowest BCUT2D eigenvalue weighted by Gasteiger charge is -2.29. The van der Waals surface area contributed by atoms with Crippen LogP contribution < -0.4 is 10.2 Å². The Bertz CT molecular complexity index is 987. The van der Waals surface area contributed by atoms with Gasteiger partial charge in [0.15, 0.2) is 10.8 Å². The molecule has 1 aromatic carbocycles. The number of piperidine rings is 1. The Kier molecular flexibility index (Phi) is 5.72. The average Bonchev–Trinajstić information content (AvgIpc) is 3.13. The Morgan fingerprint density at radius 1 is 1.32 bits per heavy atom. The normalized spacial score (nSPS) is 15.1. The van der Waals surface area contributed by atoms with E-state index in [1.54, 1.807) is 23.5 Å². The highest BCUT2D eigenvalue weighted by Gasteiger charge is 2.21. The van der Waals surface area contributed by atoms with Crippen LogP contribution in [-0.4, -0.2) is 39.7 Å². The number of anilines is 2. The van der Waals surface area contributed by atoms with Crippen molar-refractivity contribution in [1.29, 1.82) is 0 Å². The fraction of sp³-hybridized carbons (Fsp3) is 0.368. The predicted octanol–water partition coefficient (Wildman–Crippen LogP) is 4.19. The summed E-state index contributed by atoms with van der Waals surface area (Å²) in [6.07, 6.45) is 3.81. The fourth-order valence-electron chi connectivity index (χ4n) is 3.04. The van der Waals surface area contributed by atoms with Gasteiger partial charge in [0.2, 0.25) is 5.91 Å². The van der Waals surface area contributed by atoms with Crippen molar-refractivity contribution in [3.8, 4) is 0 Å². The molecule has 1 amide bonds. The molecule has 0 bridgehead atoms. The Hall–Kier alpha value is -2.26. The smallest absolute Gasteiger partial charge is 0.234 e. The lowest BCUT2D eigenvalue weighted by Crippen LogP contribution is -2.32. The van der Waals surface area contributed by atoms with Crippen LogP contribution in [0, 0.1) is 11.7 Å². The molecule has 3 heterocycles. The van der Waals surface area contributed by atoms with Crippen molar-refractivity contribution < 1.29 is 9.18 Å². The summed E-state index contributed by atoms with van der Waals surface area (Å²) in [7, 11) is 0. The van der Waals surface area contributed by atoms with E-state index in [1.165, 1.54) is 43.1 Å². The number of halogens is 1. The highest BCUT2D eigenvalue weighted by Crippen LogP contribution is 2.35. The third-order valence-electron chi connectivity index (χ3n) is 4.69. The first-order valence-electron chi connectivity index (χ1n) is 9.14. The molecule has 0 radical (unpaired) electrons. The molecule has 0 atom stereocenters. The summed E-state index contributed by atoms with van der Waals surface area (Å²) in [5.74, 6) is 0.156. The van der Waals surface area contributed by atoms with Gasteiger partial charge in [-0.3, -0.25) is 4.79 Å². The van der Waals surface area contributed by atoms with Crippen molar-refractivity contribution in [2.75, 3.05) is 29.1 Å². The third kappa shape index (κ3) is 4.25. The number of carbonyl (C=O) groups is 1. The fourth-order valence-corrected chi connectivity index (χ4v) is 4.99. The highest BCUT2D eigenvalue weighted by molar-refractivity contribution is 8.00. The molecule has 3 aromatic rings. The topological polar surface area (TPSA) is 71.0 Å². The van der Waals surface area contributed by atoms with E-state index in [9.17, 15) is 9.18 Å². The van der Waals surface area contributed by atoms with Crippen LogP contribution in [0.2, 0.25) is 0 Å². The van der Waals surface area contributed by atoms with Gasteiger partial charge in [0.1, 0.15) is 21.9 Å². The molecule has 6 nitrogen and oxygen atoms in total. The van der Waals surface area contributed by atoms with Gasteiger partial charge in [-0.2, -0.15) is 4.98 Å². The minimum absolute atomic E-state index is 0.134. The molecule has 1 N–H and O–H groups in total. The molecule has 146 valence electrons. The van der Waals surface area contributed by atoms with Crippen LogP contribution in [0.1, 0.15) is 19.8 Å². The highest BCUT2D eigenvalue weighted by atomic mass is 32.2. The van der Waals surface area contributed by atoms with E-state index >= 15 is 0 Å². The van der Waals surface area contributed by atoms with Crippen LogP contribution >= 0.6 is 23.1 Å². The zero-order valence-electron chi connectivity index (χ0n) is 15.4. The second kappa shape index (κ2) is 8.40. The number of para-hydroxylation sites is 1. The number of hydrogen-bond acceptors (Lipinski definition) is 7. The maximum atomic E-state index is 13.7. The zero-order valence-corrected chi connectivity index (χ0v) is 17.0. The molecule has 1 fully saturated rings. The summed E-state index contributed by atoms with van der Waals surface area (Å²) in [5, 5.41) is 4.27. The van der Waals surface area contributed by atoms with Crippen molar-refractivity contribution in [3.05, 3.63) is 36.4 Å². The van der Waals surface area contributed by atoms with Crippen LogP contribution in [-0.2, 0) is 4.79 Å². The van der Waals surface area contributed by atoms with Crippen LogP contribution in [0.3, 0.4) is 0 Å². The van der Waals surface area contributed by atoms with Gasteiger partial charge in [-0.05, 0) is 30.9 Å². The Morgan fingerprint density at radius 3 is 2.89 bits per heavy atom. The summed E-state index contributed by atoms with van der Waals surface area (Å²) in [6, 6.07) is 6.12. The molecule has 4 rings (SSSR count). The zero-order chi connectivity index (χ0) is 19.5. The lowest BCUT2D eigenvalue weighted by atomic mass is 10.00. The molecule has 0 saturated carbocycles. The monoisotopic (exact) mass is 417 g/mol. The molecule has 0 unspecified atom stereocenters. The molecule has 28 heavy (non-hydrogen) atoms. The van der Waals surface area contributed by atoms with Crippen molar-refractivity contribution in [2.45, 2.75) is 24.8 Å². The van der Waals surface area contributed by atoms with Crippen LogP contribution in [0.5, 0.6) is 0 Å². The first-order chi connectivity index (χ1) is 13.6. The predicted molar refractivity (Wildman–Crippen MR) is 112 cm³/mol. The number of aromatic nitrogens is 3. The van der Waals surface area contributed by atoms with Gasteiger partial charge in [-0.15, -0.1) is 0 Å². The molecule has 1 aliphatic rings. The quantitative estimate of drug-likeness (QED) is 0.496. The molecule has 1 aliphatic heterocycles. The number of amides is 1. The van der Waals surface area contributed by atoms with Crippen LogP contribution in [0.25, 0.3) is 10.3 Å². The third-order valence-corrected chi connectivity index (χ3v) is 6.92. The lowest BCUT2D eigenvalue weighted by molar-refractivity contribution is -0.113. The Balaban J connectivity index is 1.45. The van der Waals surface area contributed by atoms with Crippen LogP contribution in [0.15, 0.2) is 35.6 Å². The number of thioether (sulfide) groups is 1. The summed E-state index contributed by atoms with van der Waals surface area (Å²) < 4.78 is 14.6. The molecule has 0 aliphatic carbocycles. The number of fused-ring (bicyclic) bond motifs is 1. The largest absolute Gasteiger partial charge is 0.348 e. The first kappa shape index (κ1) is 19.1. The maximum absolute atomic E-state index is 13.7. The van der Waals surface area contributed by atoms with Crippen molar-refractivity contribution in [1.82, 2.24) is 15.0 Å². The molecule has 2 aromatic heterocycles. The van der Waals surface area contributed by atoms with Crippen molar-refractivity contribution in [2.24, 2.45) is 5.92 Å². The van der Waals surface area contributed by atoms with E-state index in [1.807, 2.05) is 0 Å².